The zero-order valence-electron chi connectivity index (χ0n) is 12.4. The molecule has 2 nitrogen and oxygen atoms in total. The van der Waals surface area contributed by atoms with Gasteiger partial charge in [0.1, 0.15) is 5.75 Å². The summed E-state index contributed by atoms with van der Waals surface area (Å²) in [7, 11) is 1.72. The Morgan fingerprint density at radius 1 is 1.28 bits per heavy atom. The summed E-state index contributed by atoms with van der Waals surface area (Å²) in [5, 5.41) is 3.67. The first-order valence-electron chi connectivity index (χ1n) is 6.99. The van der Waals surface area contributed by atoms with Crippen LogP contribution in [0.2, 0.25) is 0 Å². The molecule has 0 radical (unpaired) electrons. The van der Waals surface area contributed by atoms with E-state index in [-0.39, 0.29) is 0 Å². The molecule has 0 saturated carbocycles. The van der Waals surface area contributed by atoms with Crippen molar-refractivity contribution >= 4 is 0 Å². The molecule has 1 atom stereocenters. The fraction of sp³-hybridized carbons (Fsp3) is 0.625. The number of hydrogen-bond donors (Lipinski definition) is 1. The van der Waals surface area contributed by atoms with E-state index in [0.717, 1.165) is 5.75 Å². The lowest BCUT2D eigenvalue weighted by molar-refractivity contribution is 0.412. The van der Waals surface area contributed by atoms with Gasteiger partial charge in [0.05, 0.1) is 7.11 Å². The number of aryl methyl sites for hydroxylation is 1. The summed E-state index contributed by atoms with van der Waals surface area (Å²) in [4.78, 5) is 0. The molecule has 0 aromatic heterocycles. The Morgan fingerprint density at radius 3 is 2.50 bits per heavy atom. The molecule has 1 rings (SSSR count). The standard InChI is InChI=1S/C16H27NO/c1-6-7-8-16(17-12(2)3)15-10-9-14(18-5)11-13(15)4/h9-12,16-17H,6-8H2,1-5H3. The zero-order valence-corrected chi connectivity index (χ0v) is 12.4. The van der Waals surface area contributed by atoms with Crippen LogP contribution in [0.5, 0.6) is 5.75 Å². The van der Waals surface area contributed by atoms with E-state index in [2.05, 4.69) is 51.2 Å². The molecular weight excluding hydrogens is 222 g/mol. The lowest BCUT2D eigenvalue weighted by Gasteiger charge is -2.23. The highest BCUT2D eigenvalue weighted by molar-refractivity contribution is 5.36. The molecule has 0 amide bonds. The highest BCUT2D eigenvalue weighted by atomic mass is 16.5. The van der Waals surface area contributed by atoms with Gasteiger partial charge in [-0.25, -0.2) is 0 Å². The first kappa shape index (κ1) is 15.0. The van der Waals surface area contributed by atoms with Crippen molar-refractivity contribution in [1.29, 1.82) is 0 Å². The average Bonchev–Trinajstić information content (AvgIpc) is 2.34. The van der Waals surface area contributed by atoms with Gasteiger partial charge in [0, 0.05) is 12.1 Å². The van der Waals surface area contributed by atoms with Crippen LogP contribution in [0, 0.1) is 6.92 Å². The van der Waals surface area contributed by atoms with Crippen LogP contribution in [0.4, 0.5) is 0 Å². The van der Waals surface area contributed by atoms with Crippen molar-refractivity contribution in [3.05, 3.63) is 29.3 Å². The summed E-state index contributed by atoms with van der Waals surface area (Å²) < 4.78 is 5.27. The second-order valence-corrected chi connectivity index (χ2v) is 5.24. The molecule has 0 spiro atoms. The number of hydrogen-bond acceptors (Lipinski definition) is 2. The first-order chi connectivity index (χ1) is 8.58. The molecule has 0 aliphatic heterocycles. The van der Waals surface area contributed by atoms with Gasteiger partial charge in [-0.15, -0.1) is 0 Å². The number of nitrogens with one attached hydrogen (secondary N) is 1. The van der Waals surface area contributed by atoms with Crippen LogP contribution in [-0.4, -0.2) is 13.2 Å². The lowest BCUT2D eigenvalue weighted by atomic mass is 9.96. The van der Waals surface area contributed by atoms with Crippen molar-refractivity contribution in [2.24, 2.45) is 0 Å². The van der Waals surface area contributed by atoms with E-state index in [1.54, 1.807) is 7.11 Å². The number of unbranched alkanes of at least 4 members (excludes halogenated alkanes) is 1. The van der Waals surface area contributed by atoms with Crippen molar-refractivity contribution in [3.63, 3.8) is 0 Å². The Hall–Kier alpha value is -1.02. The maximum absolute atomic E-state index is 5.27. The van der Waals surface area contributed by atoms with E-state index >= 15 is 0 Å². The van der Waals surface area contributed by atoms with Crippen molar-refractivity contribution in [3.8, 4) is 5.75 Å². The Balaban J connectivity index is 2.89. The first-order valence-corrected chi connectivity index (χ1v) is 6.99. The van der Waals surface area contributed by atoms with Gasteiger partial charge in [-0.05, 0) is 36.6 Å². The molecule has 0 heterocycles. The summed E-state index contributed by atoms with van der Waals surface area (Å²) in [5.74, 6) is 0.940. The molecular formula is C16H27NO. The van der Waals surface area contributed by atoms with E-state index < -0.39 is 0 Å². The topological polar surface area (TPSA) is 21.3 Å². The Morgan fingerprint density at radius 2 is 2.00 bits per heavy atom. The van der Waals surface area contributed by atoms with Crippen LogP contribution in [0.1, 0.15) is 57.2 Å². The smallest absolute Gasteiger partial charge is 0.119 e. The maximum atomic E-state index is 5.27. The number of methoxy groups -OCH3 is 1. The normalized spacial score (nSPS) is 12.8. The van der Waals surface area contributed by atoms with E-state index in [9.17, 15) is 0 Å². The van der Waals surface area contributed by atoms with Gasteiger partial charge in [0.2, 0.25) is 0 Å². The third-order valence-electron chi connectivity index (χ3n) is 3.23. The van der Waals surface area contributed by atoms with Crippen LogP contribution < -0.4 is 10.1 Å². The highest BCUT2D eigenvalue weighted by Crippen LogP contribution is 2.26. The quantitative estimate of drug-likeness (QED) is 0.780. The monoisotopic (exact) mass is 249 g/mol. The van der Waals surface area contributed by atoms with Crippen LogP contribution >= 0.6 is 0 Å². The summed E-state index contributed by atoms with van der Waals surface area (Å²) in [6, 6.07) is 7.34. The largest absolute Gasteiger partial charge is 0.497 e. The predicted molar refractivity (Wildman–Crippen MR) is 78.3 cm³/mol. The van der Waals surface area contributed by atoms with Gasteiger partial charge in [-0.1, -0.05) is 39.7 Å². The highest BCUT2D eigenvalue weighted by Gasteiger charge is 2.14. The molecule has 1 N–H and O–H groups in total. The Kier molecular flexibility index (Phi) is 6.20. The Labute approximate surface area is 112 Å². The molecule has 0 saturated heterocycles. The SMILES string of the molecule is CCCCC(NC(C)C)c1ccc(OC)cc1C. The summed E-state index contributed by atoms with van der Waals surface area (Å²) in [6.45, 7) is 8.82. The molecule has 0 aliphatic carbocycles. The van der Waals surface area contributed by atoms with Crippen LogP contribution in [0.25, 0.3) is 0 Å². The van der Waals surface area contributed by atoms with E-state index in [1.165, 1.54) is 30.4 Å². The second kappa shape index (κ2) is 7.42. The van der Waals surface area contributed by atoms with E-state index in [1.807, 2.05) is 0 Å². The minimum Gasteiger partial charge on any atom is -0.497 e. The van der Waals surface area contributed by atoms with Gasteiger partial charge < -0.3 is 10.1 Å². The minimum atomic E-state index is 0.454. The van der Waals surface area contributed by atoms with Crippen LogP contribution in [0.15, 0.2) is 18.2 Å². The van der Waals surface area contributed by atoms with Gasteiger partial charge in [-0.3, -0.25) is 0 Å². The number of ether oxygens (including phenoxy) is 1. The van der Waals surface area contributed by atoms with Gasteiger partial charge >= 0.3 is 0 Å². The number of rotatable bonds is 7. The second-order valence-electron chi connectivity index (χ2n) is 5.24. The van der Waals surface area contributed by atoms with Gasteiger partial charge in [0.15, 0.2) is 0 Å². The molecule has 1 unspecified atom stereocenters. The molecule has 102 valence electrons. The summed E-state index contributed by atoms with van der Waals surface area (Å²) in [6.07, 6.45) is 3.70. The van der Waals surface area contributed by atoms with Crippen LogP contribution in [-0.2, 0) is 0 Å². The molecule has 0 fully saturated rings. The van der Waals surface area contributed by atoms with Crippen molar-refractivity contribution in [2.75, 3.05) is 7.11 Å². The molecule has 18 heavy (non-hydrogen) atoms. The average molecular weight is 249 g/mol. The fourth-order valence-corrected chi connectivity index (χ4v) is 2.31. The van der Waals surface area contributed by atoms with Crippen LogP contribution in [0.3, 0.4) is 0 Å². The predicted octanol–water partition coefficient (Wildman–Crippen LogP) is 4.23. The maximum Gasteiger partial charge on any atom is 0.119 e. The summed E-state index contributed by atoms with van der Waals surface area (Å²) in [5.41, 5.74) is 2.71. The molecule has 1 aromatic rings. The molecule has 0 aliphatic rings. The lowest BCUT2D eigenvalue weighted by Crippen LogP contribution is -2.28. The third kappa shape index (κ3) is 4.34. The van der Waals surface area contributed by atoms with Gasteiger partial charge in [0.25, 0.3) is 0 Å². The molecule has 1 aromatic carbocycles. The van der Waals surface area contributed by atoms with Crippen molar-refractivity contribution < 1.29 is 4.74 Å². The molecule has 0 bridgehead atoms. The van der Waals surface area contributed by atoms with Gasteiger partial charge in [-0.2, -0.15) is 0 Å². The van der Waals surface area contributed by atoms with Crippen molar-refractivity contribution in [1.82, 2.24) is 5.32 Å². The van der Waals surface area contributed by atoms with Crippen molar-refractivity contribution in [2.45, 2.75) is 59.0 Å². The van der Waals surface area contributed by atoms with E-state index in [4.69, 9.17) is 4.74 Å². The minimum absolute atomic E-state index is 0.454. The number of benzene rings is 1. The fourth-order valence-electron chi connectivity index (χ4n) is 2.31. The van der Waals surface area contributed by atoms with E-state index in [0.29, 0.717) is 12.1 Å². The Bertz CT molecular complexity index is 360. The zero-order chi connectivity index (χ0) is 13.5. The third-order valence-corrected chi connectivity index (χ3v) is 3.23. The molecule has 2 heteroatoms. The summed E-state index contributed by atoms with van der Waals surface area (Å²) >= 11 is 0.